The zero-order valence-electron chi connectivity index (χ0n) is 12.1. The molecule has 116 valence electrons. The van der Waals surface area contributed by atoms with Gasteiger partial charge in [0, 0.05) is 17.6 Å². The molecule has 0 aliphatic carbocycles. The number of aryl methyl sites for hydroxylation is 1. The van der Waals surface area contributed by atoms with Gasteiger partial charge in [-0.25, -0.2) is 12.8 Å². The van der Waals surface area contributed by atoms with Crippen molar-refractivity contribution in [2.45, 2.75) is 11.8 Å². The minimum Gasteiger partial charge on any atom is -0.332 e. The van der Waals surface area contributed by atoms with Crippen LogP contribution in [0.25, 0.3) is 0 Å². The van der Waals surface area contributed by atoms with Crippen LogP contribution in [-0.2, 0) is 9.84 Å². The summed E-state index contributed by atoms with van der Waals surface area (Å²) in [6.45, 7) is 1.67. The van der Waals surface area contributed by atoms with Gasteiger partial charge in [-0.2, -0.15) is 0 Å². The molecule has 22 heavy (non-hydrogen) atoms. The second-order valence-corrected chi connectivity index (χ2v) is 7.26. The van der Waals surface area contributed by atoms with Gasteiger partial charge < -0.3 is 10.6 Å². The third-order valence-electron chi connectivity index (χ3n) is 2.96. The fourth-order valence-corrected chi connectivity index (χ4v) is 2.67. The normalized spacial score (nSPS) is 11.0. The van der Waals surface area contributed by atoms with Crippen LogP contribution in [0.5, 0.6) is 0 Å². The fourth-order valence-electron chi connectivity index (χ4n) is 1.80. The molecule has 4 nitrogen and oxygen atoms in total. The van der Waals surface area contributed by atoms with E-state index in [0.717, 1.165) is 6.26 Å². The lowest BCUT2D eigenvalue weighted by molar-refractivity contribution is 0.602. The highest BCUT2D eigenvalue weighted by molar-refractivity contribution is 7.90. The van der Waals surface area contributed by atoms with Crippen molar-refractivity contribution in [2.75, 3.05) is 16.9 Å². The van der Waals surface area contributed by atoms with Crippen LogP contribution in [0, 0.1) is 12.7 Å². The summed E-state index contributed by atoms with van der Waals surface area (Å²) in [5.41, 5.74) is 1.85. The second-order valence-electron chi connectivity index (χ2n) is 4.84. The van der Waals surface area contributed by atoms with E-state index < -0.39 is 9.84 Å². The van der Waals surface area contributed by atoms with E-state index in [1.807, 2.05) is 0 Å². The van der Waals surface area contributed by atoms with Crippen LogP contribution in [0.1, 0.15) is 5.56 Å². The second kappa shape index (κ2) is 6.41. The van der Waals surface area contributed by atoms with Crippen LogP contribution in [-0.4, -0.2) is 19.8 Å². The Labute approximate surface area is 134 Å². The summed E-state index contributed by atoms with van der Waals surface area (Å²) in [6.07, 6.45) is 1.15. The maximum Gasteiger partial charge on any atom is 0.175 e. The first-order valence-electron chi connectivity index (χ1n) is 6.40. The molecule has 0 aliphatic heterocycles. The number of nitrogens with one attached hydrogen (secondary N) is 2. The summed E-state index contributed by atoms with van der Waals surface area (Å²) < 4.78 is 35.9. The number of hydrogen-bond acceptors (Lipinski definition) is 3. The van der Waals surface area contributed by atoms with Gasteiger partial charge >= 0.3 is 0 Å². The van der Waals surface area contributed by atoms with Gasteiger partial charge in [-0.1, -0.05) is 0 Å². The first kappa shape index (κ1) is 16.4. The molecule has 0 saturated heterocycles. The van der Waals surface area contributed by atoms with Gasteiger partial charge in [-0.15, -0.1) is 0 Å². The predicted molar refractivity (Wildman–Crippen MR) is 90.5 cm³/mol. The van der Waals surface area contributed by atoms with Crippen LogP contribution in [0.3, 0.4) is 0 Å². The van der Waals surface area contributed by atoms with Crippen LogP contribution >= 0.6 is 12.2 Å². The van der Waals surface area contributed by atoms with Crippen molar-refractivity contribution in [3.8, 4) is 0 Å². The standard InChI is InChI=1S/C15H15FN2O2S2/c1-10-9-12(5-8-14(10)16)18-15(21)17-11-3-6-13(7-4-11)22(2,19)20/h3-9H,1-2H3,(H2,17,18,21). The van der Waals surface area contributed by atoms with E-state index >= 15 is 0 Å². The van der Waals surface area contributed by atoms with Crippen molar-refractivity contribution < 1.29 is 12.8 Å². The van der Waals surface area contributed by atoms with Gasteiger partial charge in [0.25, 0.3) is 0 Å². The van der Waals surface area contributed by atoms with Gasteiger partial charge in [-0.3, -0.25) is 0 Å². The van der Waals surface area contributed by atoms with Gasteiger partial charge in [0.05, 0.1) is 4.90 Å². The summed E-state index contributed by atoms with van der Waals surface area (Å²) in [7, 11) is -3.22. The van der Waals surface area contributed by atoms with Crippen molar-refractivity contribution in [1.82, 2.24) is 0 Å². The maximum absolute atomic E-state index is 13.2. The molecule has 0 aliphatic rings. The number of halogens is 1. The largest absolute Gasteiger partial charge is 0.332 e. The number of hydrogen-bond donors (Lipinski definition) is 2. The van der Waals surface area contributed by atoms with E-state index in [4.69, 9.17) is 12.2 Å². The highest BCUT2D eigenvalue weighted by atomic mass is 32.2. The predicted octanol–water partition coefficient (Wildman–Crippen LogP) is 3.35. The van der Waals surface area contributed by atoms with Gasteiger partial charge in [-0.05, 0) is 67.2 Å². The van der Waals surface area contributed by atoms with Crippen molar-refractivity contribution in [2.24, 2.45) is 0 Å². The molecule has 0 atom stereocenters. The van der Waals surface area contributed by atoms with E-state index in [1.165, 1.54) is 18.2 Å². The van der Waals surface area contributed by atoms with E-state index in [2.05, 4.69) is 10.6 Å². The molecule has 0 radical (unpaired) electrons. The van der Waals surface area contributed by atoms with Crippen LogP contribution in [0.4, 0.5) is 15.8 Å². The molecular weight excluding hydrogens is 323 g/mol. The summed E-state index contributed by atoms with van der Waals surface area (Å²) in [5.74, 6) is -0.277. The molecular formula is C15H15FN2O2S2. The summed E-state index contributed by atoms with van der Waals surface area (Å²) >= 11 is 5.17. The zero-order valence-corrected chi connectivity index (χ0v) is 13.7. The number of thiocarbonyl (C=S) groups is 1. The first-order chi connectivity index (χ1) is 10.3. The molecule has 0 amide bonds. The number of rotatable bonds is 3. The lowest BCUT2D eigenvalue weighted by atomic mass is 10.2. The average Bonchev–Trinajstić information content (AvgIpc) is 2.42. The van der Waals surface area contributed by atoms with Crippen molar-refractivity contribution in [3.63, 3.8) is 0 Å². The van der Waals surface area contributed by atoms with E-state index in [0.29, 0.717) is 22.1 Å². The third kappa shape index (κ3) is 4.25. The Morgan fingerprint density at radius 1 is 1.05 bits per heavy atom. The van der Waals surface area contributed by atoms with Crippen LogP contribution < -0.4 is 10.6 Å². The molecule has 0 unspecified atom stereocenters. The van der Waals surface area contributed by atoms with E-state index in [1.54, 1.807) is 31.2 Å². The Kier molecular flexibility index (Phi) is 4.77. The van der Waals surface area contributed by atoms with Crippen molar-refractivity contribution in [3.05, 3.63) is 53.8 Å². The van der Waals surface area contributed by atoms with Crippen molar-refractivity contribution in [1.29, 1.82) is 0 Å². The van der Waals surface area contributed by atoms with Crippen LogP contribution in [0.2, 0.25) is 0 Å². The Balaban J connectivity index is 2.04. The fraction of sp³-hybridized carbons (Fsp3) is 0.133. The summed E-state index contributed by atoms with van der Waals surface area (Å²) in [6, 6.07) is 10.9. The summed E-state index contributed by atoms with van der Waals surface area (Å²) in [4.78, 5) is 0.242. The number of sulfone groups is 1. The van der Waals surface area contributed by atoms with Gasteiger partial charge in [0.15, 0.2) is 14.9 Å². The lowest BCUT2D eigenvalue weighted by Gasteiger charge is -2.11. The molecule has 0 aromatic heterocycles. The van der Waals surface area contributed by atoms with E-state index in [-0.39, 0.29) is 10.7 Å². The highest BCUT2D eigenvalue weighted by Crippen LogP contribution is 2.16. The van der Waals surface area contributed by atoms with Crippen LogP contribution in [0.15, 0.2) is 47.4 Å². The maximum atomic E-state index is 13.2. The monoisotopic (exact) mass is 338 g/mol. The average molecular weight is 338 g/mol. The molecule has 0 heterocycles. The molecule has 0 saturated carbocycles. The quantitative estimate of drug-likeness (QED) is 0.841. The molecule has 2 rings (SSSR count). The molecule has 2 aromatic carbocycles. The molecule has 0 bridgehead atoms. The Bertz CT molecular complexity index is 803. The van der Waals surface area contributed by atoms with Crippen molar-refractivity contribution >= 4 is 38.5 Å². The highest BCUT2D eigenvalue weighted by Gasteiger charge is 2.07. The lowest BCUT2D eigenvalue weighted by Crippen LogP contribution is -2.19. The molecule has 7 heteroatoms. The molecule has 2 aromatic rings. The Morgan fingerprint density at radius 3 is 2.14 bits per heavy atom. The number of benzene rings is 2. The minimum atomic E-state index is -3.22. The zero-order chi connectivity index (χ0) is 16.3. The van der Waals surface area contributed by atoms with Gasteiger partial charge in [0.2, 0.25) is 0 Å². The van der Waals surface area contributed by atoms with E-state index in [9.17, 15) is 12.8 Å². The summed E-state index contributed by atoms with van der Waals surface area (Å²) in [5, 5.41) is 6.21. The first-order valence-corrected chi connectivity index (χ1v) is 8.70. The Hall–Kier alpha value is -1.99. The smallest absolute Gasteiger partial charge is 0.175 e. The third-order valence-corrected chi connectivity index (χ3v) is 4.29. The molecule has 0 fully saturated rings. The topological polar surface area (TPSA) is 58.2 Å². The molecule has 2 N–H and O–H groups in total. The minimum absolute atomic E-state index is 0.242. The molecule has 0 spiro atoms. The SMILES string of the molecule is Cc1cc(NC(=S)Nc2ccc(S(C)(=O)=O)cc2)ccc1F. The van der Waals surface area contributed by atoms with Gasteiger partial charge in [0.1, 0.15) is 5.82 Å². The Morgan fingerprint density at radius 2 is 1.59 bits per heavy atom. The number of anilines is 2.